The van der Waals surface area contributed by atoms with Gasteiger partial charge in [-0.15, -0.1) is 0 Å². The van der Waals surface area contributed by atoms with E-state index >= 15 is 0 Å². The van der Waals surface area contributed by atoms with Gasteiger partial charge in [-0.05, 0) is 26.0 Å². The van der Waals surface area contributed by atoms with E-state index in [2.05, 4.69) is 20.1 Å². The van der Waals surface area contributed by atoms with Crippen LogP contribution < -0.4 is 0 Å². The number of nitrogens with zero attached hydrogens (tertiary/aromatic N) is 3. The van der Waals surface area contributed by atoms with E-state index in [1.807, 2.05) is 19.9 Å². The Labute approximate surface area is 136 Å². The van der Waals surface area contributed by atoms with E-state index in [9.17, 15) is 4.79 Å². The highest BCUT2D eigenvalue weighted by Crippen LogP contribution is 2.30. The van der Waals surface area contributed by atoms with Crippen molar-refractivity contribution < 1.29 is 14.1 Å². The van der Waals surface area contributed by atoms with Crippen molar-refractivity contribution >= 4 is 28.0 Å². The van der Waals surface area contributed by atoms with Crippen LogP contribution in [0.2, 0.25) is 0 Å². The number of carbonyl (C=O) groups excluding carboxylic acids is 1. The topological polar surface area (TPSA) is 93.9 Å². The normalized spacial score (nSPS) is 11.3. The molecule has 0 amide bonds. The third kappa shape index (κ3) is 2.05. The predicted molar refractivity (Wildman–Crippen MR) is 87.7 cm³/mol. The molecule has 4 aromatic heterocycles. The van der Waals surface area contributed by atoms with Gasteiger partial charge < -0.3 is 14.2 Å². The number of ether oxygens (including phenoxy) is 1. The third-order valence-corrected chi connectivity index (χ3v) is 4.01. The number of esters is 1. The van der Waals surface area contributed by atoms with Crippen LogP contribution in [0.25, 0.3) is 33.2 Å². The maximum Gasteiger partial charge on any atom is 0.339 e. The maximum atomic E-state index is 11.6. The standard InChI is InChI=1S/C17H14N4O3/c1-8-14(9(2)24-21-8)10-4-12-15(18-6-10)16-13(20-12)5-11(7-19-16)17(22)23-3/h4-7,20H,1-3H3. The van der Waals surface area contributed by atoms with Gasteiger partial charge in [0.15, 0.2) is 0 Å². The molecule has 120 valence electrons. The molecule has 4 heterocycles. The van der Waals surface area contributed by atoms with Gasteiger partial charge in [0.05, 0.1) is 29.4 Å². The molecule has 1 N–H and O–H groups in total. The average Bonchev–Trinajstić information content (AvgIpc) is 3.12. The number of H-pyrrole nitrogens is 1. The Balaban J connectivity index is 1.91. The van der Waals surface area contributed by atoms with Gasteiger partial charge in [0.2, 0.25) is 0 Å². The maximum absolute atomic E-state index is 11.6. The first-order valence-electron chi connectivity index (χ1n) is 7.37. The molecule has 0 atom stereocenters. The zero-order valence-corrected chi connectivity index (χ0v) is 13.4. The number of hydrogen-bond acceptors (Lipinski definition) is 6. The lowest BCUT2D eigenvalue weighted by molar-refractivity contribution is 0.0600. The van der Waals surface area contributed by atoms with Crippen LogP contribution >= 0.6 is 0 Å². The van der Waals surface area contributed by atoms with Gasteiger partial charge in [0.1, 0.15) is 16.8 Å². The fourth-order valence-corrected chi connectivity index (χ4v) is 2.90. The van der Waals surface area contributed by atoms with Crippen LogP contribution in [-0.4, -0.2) is 33.2 Å². The van der Waals surface area contributed by atoms with Crippen molar-refractivity contribution in [2.45, 2.75) is 13.8 Å². The molecule has 4 aromatic rings. The minimum Gasteiger partial charge on any atom is -0.465 e. The van der Waals surface area contributed by atoms with Gasteiger partial charge in [-0.3, -0.25) is 9.97 Å². The van der Waals surface area contributed by atoms with Gasteiger partial charge in [-0.25, -0.2) is 4.79 Å². The fourth-order valence-electron chi connectivity index (χ4n) is 2.90. The Morgan fingerprint density at radius 1 is 1.12 bits per heavy atom. The van der Waals surface area contributed by atoms with E-state index in [0.29, 0.717) is 11.1 Å². The Kier molecular flexibility index (Phi) is 3.09. The molecule has 0 aliphatic rings. The number of aryl methyl sites for hydroxylation is 2. The summed E-state index contributed by atoms with van der Waals surface area (Å²) in [7, 11) is 1.34. The number of aromatic amines is 1. The summed E-state index contributed by atoms with van der Waals surface area (Å²) < 4.78 is 9.95. The van der Waals surface area contributed by atoms with Crippen LogP contribution in [-0.2, 0) is 4.74 Å². The quantitative estimate of drug-likeness (QED) is 0.570. The highest BCUT2D eigenvalue weighted by Gasteiger charge is 2.15. The number of carbonyl (C=O) groups is 1. The molecule has 0 spiro atoms. The van der Waals surface area contributed by atoms with Gasteiger partial charge >= 0.3 is 5.97 Å². The van der Waals surface area contributed by atoms with Crippen molar-refractivity contribution in [1.82, 2.24) is 20.1 Å². The number of nitrogens with one attached hydrogen (secondary N) is 1. The van der Waals surface area contributed by atoms with Gasteiger partial charge in [0, 0.05) is 23.5 Å². The van der Waals surface area contributed by atoms with Crippen molar-refractivity contribution in [3.8, 4) is 11.1 Å². The molecule has 0 radical (unpaired) electrons. The smallest absolute Gasteiger partial charge is 0.339 e. The molecule has 0 bridgehead atoms. The molecule has 7 heteroatoms. The Bertz CT molecular complexity index is 1070. The van der Waals surface area contributed by atoms with Crippen LogP contribution in [0.5, 0.6) is 0 Å². The first-order valence-corrected chi connectivity index (χ1v) is 7.37. The summed E-state index contributed by atoms with van der Waals surface area (Å²) in [4.78, 5) is 23.8. The van der Waals surface area contributed by atoms with Crippen molar-refractivity contribution in [1.29, 1.82) is 0 Å². The molecule has 24 heavy (non-hydrogen) atoms. The first kappa shape index (κ1) is 14.4. The lowest BCUT2D eigenvalue weighted by Crippen LogP contribution is -2.01. The molecule has 0 saturated heterocycles. The Morgan fingerprint density at radius 2 is 1.83 bits per heavy atom. The first-order chi connectivity index (χ1) is 11.6. The van der Waals surface area contributed by atoms with E-state index in [1.54, 1.807) is 12.3 Å². The molecule has 4 rings (SSSR count). The van der Waals surface area contributed by atoms with Crippen molar-refractivity contribution in [3.05, 3.63) is 41.5 Å². The van der Waals surface area contributed by atoms with Crippen molar-refractivity contribution in [2.75, 3.05) is 7.11 Å². The number of aromatic nitrogens is 4. The van der Waals surface area contributed by atoms with Crippen LogP contribution in [0.1, 0.15) is 21.8 Å². The van der Waals surface area contributed by atoms with E-state index in [-0.39, 0.29) is 0 Å². The summed E-state index contributed by atoms with van der Waals surface area (Å²) in [6.45, 7) is 3.76. The molecule has 0 aromatic carbocycles. The summed E-state index contributed by atoms with van der Waals surface area (Å²) in [5.41, 5.74) is 6.08. The summed E-state index contributed by atoms with van der Waals surface area (Å²) >= 11 is 0. The largest absolute Gasteiger partial charge is 0.465 e. The van der Waals surface area contributed by atoms with E-state index in [0.717, 1.165) is 39.1 Å². The SMILES string of the molecule is COC(=O)c1cnc2c(c1)[nH]c1cc(-c3c(C)noc3C)cnc12. The number of pyridine rings is 2. The zero-order valence-electron chi connectivity index (χ0n) is 13.4. The zero-order chi connectivity index (χ0) is 16.8. The highest BCUT2D eigenvalue weighted by atomic mass is 16.5. The second-order valence-electron chi connectivity index (χ2n) is 5.56. The molecule has 0 saturated carbocycles. The number of fused-ring (bicyclic) bond motifs is 3. The average molecular weight is 322 g/mol. The number of rotatable bonds is 2. The van der Waals surface area contributed by atoms with Crippen LogP contribution in [0.15, 0.2) is 29.0 Å². The molecule has 0 fully saturated rings. The van der Waals surface area contributed by atoms with E-state index in [1.165, 1.54) is 13.3 Å². The lowest BCUT2D eigenvalue weighted by atomic mass is 10.1. The minimum absolute atomic E-state index is 0.391. The number of hydrogen-bond donors (Lipinski definition) is 1. The summed E-state index contributed by atoms with van der Waals surface area (Å²) in [6.07, 6.45) is 3.27. The van der Waals surface area contributed by atoms with Gasteiger partial charge in [-0.1, -0.05) is 5.16 Å². The fraction of sp³-hybridized carbons (Fsp3) is 0.176. The molecule has 0 unspecified atom stereocenters. The monoisotopic (exact) mass is 322 g/mol. The van der Waals surface area contributed by atoms with Crippen molar-refractivity contribution in [2.24, 2.45) is 0 Å². The summed E-state index contributed by atoms with van der Waals surface area (Å²) in [5, 5.41) is 3.98. The third-order valence-electron chi connectivity index (χ3n) is 4.01. The molecule has 7 nitrogen and oxygen atoms in total. The van der Waals surface area contributed by atoms with Gasteiger partial charge in [-0.2, -0.15) is 0 Å². The summed E-state index contributed by atoms with van der Waals surface area (Å²) in [5.74, 6) is 0.322. The van der Waals surface area contributed by atoms with E-state index in [4.69, 9.17) is 9.26 Å². The Morgan fingerprint density at radius 3 is 2.50 bits per heavy atom. The second kappa shape index (κ2) is 5.16. The van der Waals surface area contributed by atoms with Gasteiger partial charge in [0.25, 0.3) is 0 Å². The molecule has 0 aliphatic carbocycles. The number of methoxy groups -OCH3 is 1. The molecular weight excluding hydrogens is 308 g/mol. The van der Waals surface area contributed by atoms with E-state index < -0.39 is 5.97 Å². The second-order valence-corrected chi connectivity index (χ2v) is 5.56. The molecule has 0 aliphatic heterocycles. The van der Waals surface area contributed by atoms with Crippen LogP contribution in [0.4, 0.5) is 0 Å². The van der Waals surface area contributed by atoms with Crippen molar-refractivity contribution in [3.63, 3.8) is 0 Å². The minimum atomic E-state index is -0.424. The highest BCUT2D eigenvalue weighted by molar-refractivity contribution is 6.05. The summed E-state index contributed by atoms with van der Waals surface area (Å²) in [6, 6.07) is 3.69. The predicted octanol–water partition coefficient (Wildman–Crippen LogP) is 3.17. The van der Waals surface area contributed by atoms with Crippen LogP contribution in [0.3, 0.4) is 0 Å². The Hall–Kier alpha value is -3.22. The molecular formula is C17H14N4O3. The lowest BCUT2D eigenvalue weighted by Gasteiger charge is -2.00. The van der Waals surface area contributed by atoms with Crippen LogP contribution in [0, 0.1) is 13.8 Å².